The lowest BCUT2D eigenvalue weighted by molar-refractivity contribution is -0.111. The van der Waals surface area contributed by atoms with Crippen molar-refractivity contribution in [1.82, 2.24) is 0 Å². The minimum Gasteiger partial charge on any atom is -0.465 e. The van der Waals surface area contributed by atoms with Crippen LogP contribution in [-0.2, 0) is 4.79 Å². The van der Waals surface area contributed by atoms with E-state index < -0.39 is 0 Å². The fourth-order valence-corrected chi connectivity index (χ4v) is 2.62. The molecule has 0 radical (unpaired) electrons. The van der Waals surface area contributed by atoms with E-state index in [1.54, 1.807) is 36.2 Å². The molecule has 1 amide bonds. The summed E-state index contributed by atoms with van der Waals surface area (Å²) >= 11 is 1.56. The average Bonchev–Trinajstić information content (AvgIpc) is 3.05. The maximum Gasteiger partial charge on any atom is 0.248 e. The zero-order valence-electron chi connectivity index (χ0n) is 12.2. The van der Waals surface area contributed by atoms with Gasteiger partial charge in [0, 0.05) is 16.7 Å². The molecule has 2 aromatic rings. The maximum atomic E-state index is 12.0. The summed E-state index contributed by atoms with van der Waals surface area (Å²) in [5.74, 6) is 1.05. The SMILES string of the molecule is C[C@@H](C#N)CSc1ccccc1NC(=O)/C=C/c1ccco1. The first-order valence-electron chi connectivity index (χ1n) is 6.83. The van der Waals surface area contributed by atoms with Crippen LogP contribution in [0.15, 0.2) is 58.1 Å². The molecule has 0 saturated heterocycles. The fraction of sp³-hybridized carbons (Fsp3) is 0.176. The third-order valence-electron chi connectivity index (χ3n) is 2.80. The summed E-state index contributed by atoms with van der Waals surface area (Å²) in [6, 6.07) is 13.3. The van der Waals surface area contributed by atoms with Gasteiger partial charge in [-0.2, -0.15) is 5.26 Å². The van der Waals surface area contributed by atoms with Crippen LogP contribution >= 0.6 is 11.8 Å². The molecule has 112 valence electrons. The van der Waals surface area contributed by atoms with E-state index in [1.807, 2.05) is 31.2 Å². The predicted molar refractivity (Wildman–Crippen MR) is 88.3 cm³/mol. The van der Waals surface area contributed by atoms with Gasteiger partial charge in [0.15, 0.2) is 0 Å². The van der Waals surface area contributed by atoms with Crippen LogP contribution in [-0.4, -0.2) is 11.7 Å². The number of para-hydroxylation sites is 1. The van der Waals surface area contributed by atoms with Crippen molar-refractivity contribution >= 4 is 29.4 Å². The van der Waals surface area contributed by atoms with Gasteiger partial charge >= 0.3 is 0 Å². The second-order valence-electron chi connectivity index (χ2n) is 4.68. The number of nitrogens with one attached hydrogen (secondary N) is 1. The standard InChI is InChI=1S/C17H16N2O2S/c1-13(11-18)12-22-16-7-3-2-6-15(16)19-17(20)9-8-14-5-4-10-21-14/h2-10,13H,12H2,1H3,(H,19,20)/b9-8+/t13-/m0/s1. The Kier molecular flexibility index (Phi) is 5.87. The van der Waals surface area contributed by atoms with Gasteiger partial charge < -0.3 is 9.73 Å². The van der Waals surface area contributed by atoms with E-state index in [0.717, 1.165) is 10.6 Å². The molecule has 0 aliphatic carbocycles. The Balaban J connectivity index is 2.00. The van der Waals surface area contributed by atoms with Crippen molar-refractivity contribution in [2.45, 2.75) is 11.8 Å². The highest BCUT2D eigenvalue weighted by molar-refractivity contribution is 7.99. The minimum atomic E-state index is -0.224. The molecular formula is C17H16N2O2S. The van der Waals surface area contributed by atoms with Crippen molar-refractivity contribution < 1.29 is 9.21 Å². The van der Waals surface area contributed by atoms with E-state index in [-0.39, 0.29) is 11.8 Å². The van der Waals surface area contributed by atoms with Crippen LogP contribution in [0.25, 0.3) is 6.08 Å². The smallest absolute Gasteiger partial charge is 0.248 e. The van der Waals surface area contributed by atoms with Gasteiger partial charge in [0.1, 0.15) is 5.76 Å². The van der Waals surface area contributed by atoms with Crippen molar-refractivity contribution in [2.24, 2.45) is 5.92 Å². The Labute approximate surface area is 133 Å². The van der Waals surface area contributed by atoms with Crippen LogP contribution in [0.2, 0.25) is 0 Å². The fourth-order valence-electron chi connectivity index (χ4n) is 1.67. The molecule has 1 aromatic heterocycles. The number of carbonyl (C=O) groups is 1. The van der Waals surface area contributed by atoms with Gasteiger partial charge in [-0.15, -0.1) is 11.8 Å². The summed E-state index contributed by atoms with van der Waals surface area (Å²) in [5.41, 5.74) is 0.742. The lowest BCUT2D eigenvalue weighted by atomic mass is 10.3. The molecule has 0 aliphatic rings. The molecule has 0 spiro atoms. The summed E-state index contributed by atoms with van der Waals surface area (Å²) < 4.78 is 5.13. The lowest BCUT2D eigenvalue weighted by Gasteiger charge is -2.09. The molecule has 4 nitrogen and oxygen atoms in total. The number of furan rings is 1. The van der Waals surface area contributed by atoms with Crippen LogP contribution in [0.1, 0.15) is 12.7 Å². The van der Waals surface area contributed by atoms with Crippen LogP contribution < -0.4 is 5.32 Å². The highest BCUT2D eigenvalue weighted by Crippen LogP contribution is 2.28. The molecule has 0 unspecified atom stereocenters. The van der Waals surface area contributed by atoms with Crippen LogP contribution in [0, 0.1) is 17.2 Å². The number of benzene rings is 1. The number of amides is 1. The Hall–Kier alpha value is -2.45. The molecule has 0 fully saturated rings. The molecule has 0 bridgehead atoms. The van der Waals surface area contributed by atoms with Crippen LogP contribution in [0.4, 0.5) is 5.69 Å². The van der Waals surface area contributed by atoms with E-state index in [2.05, 4.69) is 11.4 Å². The lowest BCUT2D eigenvalue weighted by Crippen LogP contribution is -2.08. The highest BCUT2D eigenvalue weighted by Gasteiger charge is 2.07. The van der Waals surface area contributed by atoms with Crippen molar-refractivity contribution in [3.8, 4) is 6.07 Å². The monoisotopic (exact) mass is 312 g/mol. The van der Waals surface area contributed by atoms with E-state index >= 15 is 0 Å². The van der Waals surface area contributed by atoms with Crippen LogP contribution in [0.5, 0.6) is 0 Å². The summed E-state index contributed by atoms with van der Waals surface area (Å²) in [6.07, 6.45) is 4.60. The molecular weight excluding hydrogens is 296 g/mol. The van der Waals surface area contributed by atoms with Gasteiger partial charge in [-0.1, -0.05) is 12.1 Å². The maximum absolute atomic E-state index is 12.0. The molecule has 0 aliphatic heterocycles. The first kappa shape index (κ1) is 15.9. The summed E-state index contributed by atoms with van der Waals surface area (Å²) in [5, 5.41) is 11.7. The molecule has 2 rings (SSSR count). The van der Waals surface area contributed by atoms with E-state index in [9.17, 15) is 4.79 Å². The number of thioether (sulfide) groups is 1. The molecule has 5 heteroatoms. The normalized spacial score (nSPS) is 12.0. The molecule has 1 N–H and O–H groups in total. The number of rotatable bonds is 6. The van der Waals surface area contributed by atoms with Gasteiger partial charge in [-0.05, 0) is 37.3 Å². The molecule has 1 atom stereocenters. The minimum absolute atomic E-state index is 0.0346. The third kappa shape index (κ3) is 4.83. The number of nitrogens with zero attached hydrogens (tertiary/aromatic N) is 1. The third-order valence-corrected chi connectivity index (χ3v) is 4.13. The van der Waals surface area contributed by atoms with Gasteiger partial charge in [-0.25, -0.2) is 0 Å². The van der Waals surface area contributed by atoms with Gasteiger partial charge in [0.2, 0.25) is 5.91 Å². The zero-order chi connectivity index (χ0) is 15.8. The highest BCUT2D eigenvalue weighted by atomic mass is 32.2. The summed E-state index contributed by atoms with van der Waals surface area (Å²) in [6.45, 7) is 1.88. The van der Waals surface area contributed by atoms with E-state index in [1.165, 1.54) is 6.08 Å². The zero-order valence-corrected chi connectivity index (χ0v) is 13.0. The van der Waals surface area contributed by atoms with Crippen molar-refractivity contribution in [2.75, 3.05) is 11.1 Å². The van der Waals surface area contributed by atoms with Crippen LogP contribution in [0.3, 0.4) is 0 Å². The van der Waals surface area contributed by atoms with E-state index in [0.29, 0.717) is 11.5 Å². The number of anilines is 1. The topological polar surface area (TPSA) is 66.0 Å². The van der Waals surface area contributed by atoms with Crippen molar-refractivity contribution in [3.63, 3.8) is 0 Å². The van der Waals surface area contributed by atoms with Gasteiger partial charge in [-0.3, -0.25) is 4.79 Å². The van der Waals surface area contributed by atoms with E-state index in [4.69, 9.17) is 9.68 Å². The molecule has 1 aromatic carbocycles. The number of hydrogen-bond donors (Lipinski definition) is 1. The number of carbonyl (C=O) groups excluding carboxylic acids is 1. The Morgan fingerprint density at radius 3 is 2.95 bits per heavy atom. The summed E-state index contributed by atoms with van der Waals surface area (Å²) in [4.78, 5) is 12.9. The second-order valence-corrected chi connectivity index (χ2v) is 5.74. The Morgan fingerprint density at radius 1 is 1.41 bits per heavy atom. The quantitative estimate of drug-likeness (QED) is 0.642. The Bertz CT molecular complexity index is 687. The van der Waals surface area contributed by atoms with Crippen molar-refractivity contribution in [3.05, 3.63) is 54.5 Å². The first-order chi connectivity index (χ1) is 10.7. The average molecular weight is 312 g/mol. The molecule has 22 heavy (non-hydrogen) atoms. The number of nitriles is 1. The molecule has 0 saturated carbocycles. The second kappa shape index (κ2) is 8.11. The predicted octanol–water partition coefficient (Wildman–Crippen LogP) is 4.18. The Morgan fingerprint density at radius 2 is 2.23 bits per heavy atom. The first-order valence-corrected chi connectivity index (χ1v) is 7.81. The van der Waals surface area contributed by atoms with Gasteiger partial charge in [0.25, 0.3) is 0 Å². The number of hydrogen-bond acceptors (Lipinski definition) is 4. The van der Waals surface area contributed by atoms with Gasteiger partial charge in [0.05, 0.1) is 23.9 Å². The van der Waals surface area contributed by atoms with Crippen molar-refractivity contribution in [1.29, 1.82) is 5.26 Å². The summed E-state index contributed by atoms with van der Waals surface area (Å²) in [7, 11) is 0. The molecule has 1 heterocycles. The largest absolute Gasteiger partial charge is 0.465 e.